The van der Waals surface area contributed by atoms with Gasteiger partial charge in [-0.15, -0.1) is 5.10 Å². The number of carbonyl (C=O) groups excluding carboxylic acids is 2. The molecule has 1 heterocycles. The smallest absolute Gasteiger partial charge is 0.361 e. The van der Waals surface area contributed by atoms with Gasteiger partial charge in [-0.2, -0.15) is 9.90 Å². The third kappa shape index (κ3) is 4.57. The average molecular weight is 426 g/mol. The molecular weight excluding hydrogens is 404 g/mol. The minimum Gasteiger partial charge on any atom is -0.448 e. The second kappa shape index (κ2) is 9.26. The summed E-state index contributed by atoms with van der Waals surface area (Å²) in [6.07, 6.45) is -1.02. The van der Waals surface area contributed by atoms with Crippen LogP contribution in [-0.2, 0) is 9.53 Å². The van der Waals surface area contributed by atoms with Crippen molar-refractivity contribution in [3.63, 3.8) is 0 Å². The standard InChI is InChI=1S/C25H22N4O3/c1-17-23(28-29(27-17)20-13-7-4-8-14-20)25(31)32-18(2)24(30)26-22-16-10-9-15-21(22)19-11-5-3-6-12-19/h3-16,18H,1-2H3,(H,26,30). The molecule has 1 unspecified atom stereocenters. The zero-order valence-corrected chi connectivity index (χ0v) is 17.7. The Morgan fingerprint density at radius 1 is 0.875 bits per heavy atom. The van der Waals surface area contributed by atoms with Crippen LogP contribution in [0.25, 0.3) is 16.8 Å². The van der Waals surface area contributed by atoms with Gasteiger partial charge in [-0.05, 0) is 37.6 Å². The summed E-state index contributed by atoms with van der Waals surface area (Å²) in [6, 6.07) is 26.4. The van der Waals surface area contributed by atoms with E-state index in [0.717, 1.165) is 16.8 Å². The van der Waals surface area contributed by atoms with E-state index < -0.39 is 18.0 Å². The number of nitrogens with zero attached hydrogens (tertiary/aromatic N) is 3. The topological polar surface area (TPSA) is 86.1 Å². The molecule has 1 N–H and O–H groups in total. The third-order valence-electron chi connectivity index (χ3n) is 4.89. The Hall–Kier alpha value is -4.26. The average Bonchev–Trinajstić information content (AvgIpc) is 3.22. The summed E-state index contributed by atoms with van der Waals surface area (Å²) in [5.74, 6) is -1.14. The first-order valence-corrected chi connectivity index (χ1v) is 10.2. The summed E-state index contributed by atoms with van der Waals surface area (Å²) in [6.45, 7) is 3.19. The zero-order chi connectivity index (χ0) is 22.5. The van der Waals surface area contributed by atoms with Crippen molar-refractivity contribution >= 4 is 17.6 Å². The molecular formula is C25H22N4O3. The van der Waals surface area contributed by atoms with Gasteiger partial charge in [-0.3, -0.25) is 4.79 Å². The van der Waals surface area contributed by atoms with E-state index in [1.54, 1.807) is 6.92 Å². The van der Waals surface area contributed by atoms with Crippen LogP contribution in [0.2, 0.25) is 0 Å². The summed E-state index contributed by atoms with van der Waals surface area (Å²) in [5.41, 5.74) is 3.69. The van der Waals surface area contributed by atoms with Gasteiger partial charge in [0, 0.05) is 11.3 Å². The lowest BCUT2D eigenvalue weighted by molar-refractivity contribution is -0.123. The quantitative estimate of drug-likeness (QED) is 0.461. The third-order valence-corrected chi connectivity index (χ3v) is 4.89. The normalized spacial score (nSPS) is 11.6. The highest BCUT2D eigenvalue weighted by Gasteiger charge is 2.24. The van der Waals surface area contributed by atoms with Crippen LogP contribution in [-0.4, -0.2) is 33.0 Å². The summed E-state index contributed by atoms with van der Waals surface area (Å²) in [7, 11) is 0. The summed E-state index contributed by atoms with van der Waals surface area (Å²) < 4.78 is 5.38. The Kier molecular flexibility index (Phi) is 6.07. The second-order valence-electron chi connectivity index (χ2n) is 7.21. The number of para-hydroxylation sites is 2. The SMILES string of the molecule is Cc1nn(-c2ccccc2)nc1C(=O)OC(C)C(=O)Nc1ccccc1-c1ccccc1. The van der Waals surface area contributed by atoms with Crippen LogP contribution >= 0.6 is 0 Å². The highest BCUT2D eigenvalue weighted by Crippen LogP contribution is 2.27. The van der Waals surface area contributed by atoms with Crippen LogP contribution in [0.4, 0.5) is 5.69 Å². The first kappa shape index (κ1) is 21.0. The number of anilines is 1. The van der Waals surface area contributed by atoms with Gasteiger partial charge in [-0.25, -0.2) is 4.79 Å². The van der Waals surface area contributed by atoms with Crippen LogP contribution in [0.5, 0.6) is 0 Å². The summed E-state index contributed by atoms with van der Waals surface area (Å²) >= 11 is 0. The Bertz CT molecular complexity index is 1240. The van der Waals surface area contributed by atoms with E-state index in [2.05, 4.69) is 15.5 Å². The maximum absolute atomic E-state index is 12.7. The maximum atomic E-state index is 12.7. The molecule has 1 amide bonds. The number of aryl methyl sites for hydroxylation is 1. The Balaban J connectivity index is 1.46. The molecule has 0 saturated carbocycles. The van der Waals surface area contributed by atoms with E-state index in [1.165, 1.54) is 11.7 Å². The summed E-state index contributed by atoms with van der Waals surface area (Å²) in [4.78, 5) is 26.8. The van der Waals surface area contributed by atoms with Crippen molar-refractivity contribution in [2.45, 2.75) is 20.0 Å². The van der Waals surface area contributed by atoms with E-state index in [4.69, 9.17) is 4.74 Å². The van der Waals surface area contributed by atoms with Crippen molar-refractivity contribution in [3.8, 4) is 16.8 Å². The van der Waals surface area contributed by atoms with Gasteiger partial charge in [-0.1, -0.05) is 66.7 Å². The number of esters is 1. The number of benzene rings is 3. The van der Waals surface area contributed by atoms with Gasteiger partial charge in [0.25, 0.3) is 5.91 Å². The molecule has 1 atom stereocenters. The fourth-order valence-electron chi connectivity index (χ4n) is 3.21. The van der Waals surface area contributed by atoms with E-state index in [9.17, 15) is 9.59 Å². The van der Waals surface area contributed by atoms with Crippen molar-refractivity contribution in [1.82, 2.24) is 15.0 Å². The molecule has 0 aliphatic rings. The number of carbonyl (C=O) groups is 2. The van der Waals surface area contributed by atoms with Crippen LogP contribution in [0.15, 0.2) is 84.9 Å². The number of hydrogen-bond acceptors (Lipinski definition) is 5. The van der Waals surface area contributed by atoms with Gasteiger partial charge in [0.1, 0.15) is 0 Å². The molecule has 4 rings (SSSR count). The highest BCUT2D eigenvalue weighted by molar-refractivity contribution is 5.99. The maximum Gasteiger partial charge on any atom is 0.361 e. The van der Waals surface area contributed by atoms with E-state index >= 15 is 0 Å². The van der Waals surface area contributed by atoms with E-state index in [1.807, 2.05) is 84.9 Å². The van der Waals surface area contributed by atoms with Gasteiger partial charge >= 0.3 is 5.97 Å². The predicted octanol–water partition coefficient (Wildman–Crippen LogP) is 4.43. The van der Waals surface area contributed by atoms with Crippen molar-refractivity contribution in [3.05, 3.63) is 96.3 Å². The Labute approximate surface area is 185 Å². The molecule has 0 radical (unpaired) electrons. The van der Waals surface area contributed by atoms with Crippen molar-refractivity contribution < 1.29 is 14.3 Å². The molecule has 0 bridgehead atoms. The van der Waals surface area contributed by atoms with Gasteiger partial charge in [0.05, 0.1) is 11.4 Å². The summed E-state index contributed by atoms with van der Waals surface area (Å²) in [5, 5.41) is 11.4. The molecule has 32 heavy (non-hydrogen) atoms. The molecule has 1 aromatic heterocycles. The van der Waals surface area contributed by atoms with Gasteiger partial charge < -0.3 is 10.1 Å². The second-order valence-corrected chi connectivity index (χ2v) is 7.21. The molecule has 0 aliphatic heterocycles. The van der Waals surface area contributed by atoms with Crippen molar-refractivity contribution in [2.75, 3.05) is 5.32 Å². The zero-order valence-electron chi connectivity index (χ0n) is 17.7. The van der Waals surface area contributed by atoms with E-state index in [0.29, 0.717) is 11.4 Å². The number of ether oxygens (including phenoxy) is 1. The number of nitrogens with one attached hydrogen (secondary N) is 1. The first-order valence-electron chi connectivity index (χ1n) is 10.2. The Morgan fingerprint density at radius 2 is 1.50 bits per heavy atom. The largest absolute Gasteiger partial charge is 0.448 e. The molecule has 160 valence electrons. The molecule has 7 nitrogen and oxygen atoms in total. The number of aromatic nitrogens is 3. The van der Waals surface area contributed by atoms with Crippen LogP contribution in [0.3, 0.4) is 0 Å². The monoisotopic (exact) mass is 426 g/mol. The molecule has 0 fully saturated rings. The predicted molar refractivity (Wildman–Crippen MR) is 121 cm³/mol. The van der Waals surface area contributed by atoms with Crippen LogP contribution < -0.4 is 5.32 Å². The lowest BCUT2D eigenvalue weighted by atomic mass is 10.0. The van der Waals surface area contributed by atoms with Crippen LogP contribution in [0.1, 0.15) is 23.1 Å². The highest BCUT2D eigenvalue weighted by atomic mass is 16.5. The van der Waals surface area contributed by atoms with Crippen molar-refractivity contribution in [1.29, 1.82) is 0 Å². The molecule has 7 heteroatoms. The molecule has 0 saturated heterocycles. The fourth-order valence-corrected chi connectivity index (χ4v) is 3.21. The lowest BCUT2D eigenvalue weighted by Gasteiger charge is -2.15. The minimum absolute atomic E-state index is 0.0678. The first-order chi connectivity index (χ1) is 15.5. The Morgan fingerprint density at radius 3 is 2.22 bits per heavy atom. The lowest BCUT2D eigenvalue weighted by Crippen LogP contribution is -2.30. The molecule has 3 aromatic carbocycles. The van der Waals surface area contributed by atoms with Gasteiger partial charge in [0.15, 0.2) is 11.8 Å². The van der Waals surface area contributed by atoms with Gasteiger partial charge in [0.2, 0.25) is 0 Å². The number of hydrogen-bond donors (Lipinski definition) is 1. The molecule has 0 spiro atoms. The van der Waals surface area contributed by atoms with Crippen molar-refractivity contribution in [2.24, 2.45) is 0 Å². The number of amides is 1. The molecule has 4 aromatic rings. The fraction of sp³-hybridized carbons (Fsp3) is 0.120. The van der Waals surface area contributed by atoms with Crippen LogP contribution in [0, 0.1) is 6.92 Å². The van der Waals surface area contributed by atoms with E-state index in [-0.39, 0.29) is 5.69 Å². The minimum atomic E-state index is -1.02. The number of rotatable bonds is 6. The molecule has 0 aliphatic carbocycles.